The molecule has 0 saturated carbocycles. The highest BCUT2D eigenvalue weighted by Crippen LogP contribution is 2.05. The summed E-state index contributed by atoms with van der Waals surface area (Å²) in [6.07, 6.45) is 1.10. The minimum atomic E-state index is 0.165. The summed E-state index contributed by atoms with van der Waals surface area (Å²) in [4.78, 5) is 0. The van der Waals surface area contributed by atoms with Gasteiger partial charge in [-0.1, -0.05) is 12.1 Å². The molecule has 2 unspecified atom stereocenters. The maximum atomic E-state index is 3.89. The maximum Gasteiger partial charge on any atom is 0.191 e. The number of rotatable bonds is 4. The van der Waals surface area contributed by atoms with Crippen LogP contribution in [-0.2, 0) is 0 Å². The minimum absolute atomic E-state index is 0.165. The molecule has 0 aliphatic heterocycles. The van der Waals surface area contributed by atoms with Gasteiger partial charge in [-0.25, -0.2) is 0 Å². The van der Waals surface area contributed by atoms with Gasteiger partial charge in [-0.05, 0) is 20.3 Å². The Morgan fingerprint density at radius 1 is 1.50 bits per heavy atom. The van der Waals surface area contributed by atoms with Crippen molar-refractivity contribution in [2.45, 2.75) is 39.3 Å². The molecule has 5 nitrogen and oxygen atoms in total. The summed E-state index contributed by atoms with van der Waals surface area (Å²) in [6, 6.07) is 0.650. The summed E-state index contributed by atoms with van der Waals surface area (Å²) in [5.41, 5.74) is 0. The van der Waals surface area contributed by atoms with E-state index in [9.17, 15) is 0 Å². The lowest BCUT2D eigenvalue weighted by molar-refractivity contribution is 0.455. The van der Waals surface area contributed by atoms with Crippen molar-refractivity contribution in [3.8, 4) is 0 Å². The SMILES string of the molecule is CCC(C)NC(C)c1nn[nH]n1. The van der Waals surface area contributed by atoms with E-state index < -0.39 is 0 Å². The lowest BCUT2D eigenvalue weighted by atomic mass is 10.2. The molecule has 0 aliphatic carbocycles. The van der Waals surface area contributed by atoms with Crippen LogP contribution in [0, 0.1) is 0 Å². The molecule has 5 heteroatoms. The molecule has 0 bridgehead atoms. The van der Waals surface area contributed by atoms with Gasteiger partial charge in [0.1, 0.15) is 0 Å². The Morgan fingerprint density at radius 2 is 2.25 bits per heavy atom. The van der Waals surface area contributed by atoms with Crippen molar-refractivity contribution < 1.29 is 0 Å². The third-order valence-electron chi connectivity index (χ3n) is 1.90. The van der Waals surface area contributed by atoms with E-state index in [0.29, 0.717) is 6.04 Å². The molecule has 0 radical (unpaired) electrons. The zero-order chi connectivity index (χ0) is 8.97. The molecule has 12 heavy (non-hydrogen) atoms. The number of hydrogen-bond donors (Lipinski definition) is 2. The third kappa shape index (κ3) is 2.27. The maximum absolute atomic E-state index is 3.89. The molecule has 0 saturated heterocycles. The van der Waals surface area contributed by atoms with E-state index in [0.717, 1.165) is 12.2 Å². The second-order valence-electron chi connectivity index (χ2n) is 2.97. The lowest BCUT2D eigenvalue weighted by Gasteiger charge is -2.15. The van der Waals surface area contributed by atoms with Gasteiger partial charge in [-0.15, -0.1) is 10.2 Å². The van der Waals surface area contributed by atoms with Gasteiger partial charge in [-0.2, -0.15) is 5.21 Å². The molecule has 1 heterocycles. The smallest absolute Gasteiger partial charge is 0.191 e. The second kappa shape index (κ2) is 4.15. The number of nitrogens with one attached hydrogen (secondary N) is 2. The number of tetrazole rings is 1. The largest absolute Gasteiger partial charge is 0.305 e. The first kappa shape index (κ1) is 9.12. The molecule has 0 fully saturated rings. The summed E-state index contributed by atoms with van der Waals surface area (Å²) < 4.78 is 0. The average molecular weight is 169 g/mol. The molecule has 2 N–H and O–H groups in total. The fraction of sp³-hybridized carbons (Fsp3) is 0.857. The van der Waals surface area contributed by atoms with Crippen molar-refractivity contribution in [1.82, 2.24) is 25.9 Å². The third-order valence-corrected chi connectivity index (χ3v) is 1.90. The lowest BCUT2D eigenvalue weighted by Crippen LogP contribution is -2.28. The second-order valence-corrected chi connectivity index (χ2v) is 2.97. The highest BCUT2D eigenvalue weighted by Gasteiger charge is 2.11. The number of hydrogen-bond acceptors (Lipinski definition) is 4. The first-order valence-electron chi connectivity index (χ1n) is 4.23. The van der Waals surface area contributed by atoms with E-state index in [2.05, 4.69) is 39.8 Å². The first-order chi connectivity index (χ1) is 5.74. The highest BCUT2D eigenvalue weighted by atomic mass is 15.5. The van der Waals surface area contributed by atoms with Crippen LogP contribution in [0.1, 0.15) is 39.1 Å². The standard InChI is InChI=1S/C7H15N5/c1-4-5(2)8-6(3)7-9-11-12-10-7/h5-6,8H,4H2,1-3H3,(H,9,10,11,12). The molecule has 1 aromatic rings. The fourth-order valence-electron chi connectivity index (χ4n) is 0.972. The molecule has 2 atom stereocenters. The van der Waals surface area contributed by atoms with Gasteiger partial charge in [0.2, 0.25) is 0 Å². The Balaban J connectivity index is 2.44. The predicted octanol–water partition coefficient (Wildman–Crippen LogP) is 0.649. The van der Waals surface area contributed by atoms with Crippen molar-refractivity contribution >= 4 is 0 Å². The Labute approximate surface area is 71.9 Å². The molecule has 68 valence electrons. The number of H-pyrrole nitrogens is 1. The monoisotopic (exact) mass is 169 g/mol. The van der Waals surface area contributed by atoms with Gasteiger partial charge in [0.15, 0.2) is 5.82 Å². The van der Waals surface area contributed by atoms with Crippen LogP contribution in [0.5, 0.6) is 0 Å². The van der Waals surface area contributed by atoms with Crippen molar-refractivity contribution in [3.05, 3.63) is 5.82 Å². The van der Waals surface area contributed by atoms with Crippen LogP contribution < -0.4 is 5.32 Å². The van der Waals surface area contributed by atoms with Gasteiger partial charge < -0.3 is 5.32 Å². The zero-order valence-electron chi connectivity index (χ0n) is 7.70. The van der Waals surface area contributed by atoms with E-state index in [4.69, 9.17) is 0 Å². The van der Waals surface area contributed by atoms with Gasteiger partial charge in [0, 0.05) is 6.04 Å². The molecular weight excluding hydrogens is 154 g/mol. The van der Waals surface area contributed by atoms with Crippen LogP contribution in [0.4, 0.5) is 0 Å². The number of nitrogens with zero attached hydrogens (tertiary/aromatic N) is 3. The van der Waals surface area contributed by atoms with Crippen LogP contribution >= 0.6 is 0 Å². The Morgan fingerprint density at radius 3 is 2.75 bits per heavy atom. The van der Waals surface area contributed by atoms with E-state index >= 15 is 0 Å². The van der Waals surface area contributed by atoms with Gasteiger partial charge in [0.05, 0.1) is 6.04 Å². The van der Waals surface area contributed by atoms with Crippen molar-refractivity contribution in [3.63, 3.8) is 0 Å². The Kier molecular flexibility index (Phi) is 3.16. The molecule has 1 rings (SSSR count). The predicted molar refractivity (Wildman–Crippen MR) is 45.5 cm³/mol. The van der Waals surface area contributed by atoms with E-state index in [-0.39, 0.29) is 6.04 Å². The molecule has 1 aromatic heterocycles. The number of aromatic nitrogens is 4. The van der Waals surface area contributed by atoms with Gasteiger partial charge >= 0.3 is 0 Å². The molecule has 0 amide bonds. The quantitative estimate of drug-likeness (QED) is 0.694. The summed E-state index contributed by atoms with van der Waals surface area (Å²) in [5, 5.41) is 17.1. The number of aromatic amines is 1. The Hall–Kier alpha value is -0.970. The average Bonchev–Trinajstić information content (AvgIpc) is 2.56. The fourth-order valence-corrected chi connectivity index (χ4v) is 0.972. The highest BCUT2D eigenvalue weighted by molar-refractivity contribution is 4.86. The van der Waals surface area contributed by atoms with Crippen LogP contribution in [0.15, 0.2) is 0 Å². The molecular formula is C7H15N5. The van der Waals surface area contributed by atoms with Gasteiger partial charge in [-0.3, -0.25) is 0 Å². The van der Waals surface area contributed by atoms with Crippen molar-refractivity contribution in [2.75, 3.05) is 0 Å². The summed E-state index contributed by atoms with van der Waals surface area (Å²) in [5.74, 6) is 0.718. The van der Waals surface area contributed by atoms with Crippen LogP contribution in [-0.4, -0.2) is 26.7 Å². The summed E-state index contributed by atoms with van der Waals surface area (Å²) in [7, 11) is 0. The first-order valence-corrected chi connectivity index (χ1v) is 4.23. The molecule has 0 aromatic carbocycles. The topological polar surface area (TPSA) is 66.5 Å². The van der Waals surface area contributed by atoms with E-state index in [1.54, 1.807) is 0 Å². The molecule has 0 aliphatic rings. The van der Waals surface area contributed by atoms with Crippen LogP contribution in [0.25, 0.3) is 0 Å². The summed E-state index contributed by atoms with van der Waals surface area (Å²) >= 11 is 0. The van der Waals surface area contributed by atoms with E-state index in [1.807, 2.05) is 6.92 Å². The van der Waals surface area contributed by atoms with Crippen LogP contribution in [0.3, 0.4) is 0 Å². The zero-order valence-corrected chi connectivity index (χ0v) is 7.70. The van der Waals surface area contributed by atoms with E-state index in [1.165, 1.54) is 0 Å². The summed E-state index contributed by atoms with van der Waals surface area (Å²) in [6.45, 7) is 6.30. The van der Waals surface area contributed by atoms with Gasteiger partial charge in [0.25, 0.3) is 0 Å². The van der Waals surface area contributed by atoms with Crippen molar-refractivity contribution in [2.24, 2.45) is 0 Å². The minimum Gasteiger partial charge on any atom is -0.305 e. The normalized spacial score (nSPS) is 15.9. The van der Waals surface area contributed by atoms with Crippen LogP contribution in [0.2, 0.25) is 0 Å². The Bertz CT molecular complexity index is 208. The van der Waals surface area contributed by atoms with Crippen molar-refractivity contribution in [1.29, 1.82) is 0 Å². The molecule has 0 spiro atoms.